The molecular formula is C16H16N6O. The van der Waals surface area contributed by atoms with Crippen molar-refractivity contribution in [3.63, 3.8) is 0 Å². The first-order valence-electron chi connectivity index (χ1n) is 7.20. The summed E-state index contributed by atoms with van der Waals surface area (Å²) in [5.74, 6) is -0.326. The van der Waals surface area contributed by atoms with Gasteiger partial charge in [0.2, 0.25) is 0 Å². The van der Waals surface area contributed by atoms with E-state index in [9.17, 15) is 4.79 Å². The summed E-state index contributed by atoms with van der Waals surface area (Å²) >= 11 is 0. The number of anilines is 2. The third-order valence-electron chi connectivity index (χ3n) is 3.40. The van der Waals surface area contributed by atoms with E-state index in [0.29, 0.717) is 5.69 Å². The Kier molecular flexibility index (Phi) is 4.01. The van der Waals surface area contributed by atoms with Gasteiger partial charge in [-0.15, -0.1) is 0 Å². The lowest BCUT2D eigenvalue weighted by Crippen LogP contribution is -2.16. The Morgan fingerprint density at radius 2 is 2.04 bits per heavy atom. The summed E-state index contributed by atoms with van der Waals surface area (Å²) in [5.41, 5.74) is 8.46. The molecule has 1 amide bonds. The maximum absolute atomic E-state index is 12.2. The van der Waals surface area contributed by atoms with Crippen molar-refractivity contribution in [2.75, 3.05) is 11.1 Å². The van der Waals surface area contributed by atoms with Gasteiger partial charge in [0.1, 0.15) is 0 Å². The molecule has 23 heavy (non-hydrogen) atoms. The fraction of sp³-hybridized carbons (Fsp3) is 0.125. The van der Waals surface area contributed by atoms with Gasteiger partial charge in [-0.1, -0.05) is 25.1 Å². The molecule has 1 aromatic carbocycles. The molecular weight excluding hydrogens is 292 g/mol. The van der Waals surface area contributed by atoms with Crippen molar-refractivity contribution >= 4 is 17.4 Å². The van der Waals surface area contributed by atoms with Crippen LogP contribution in [-0.2, 0) is 6.42 Å². The van der Waals surface area contributed by atoms with Gasteiger partial charge in [0.15, 0.2) is 11.5 Å². The number of carbonyl (C=O) groups excluding carboxylic acids is 1. The Bertz CT molecular complexity index is 842. The summed E-state index contributed by atoms with van der Waals surface area (Å²) in [5, 5.41) is 7.02. The molecule has 3 rings (SSSR count). The van der Waals surface area contributed by atoms with Crippen LogP contribution in [0.25, 0.3) is 5.69 Å². The summed E-state index contributed by atoms with van der Waals surface area (Å²) < 4.78 is 1.73. The van der Waals surface area contributed by atoms with Crippen LogP contribution in [-0.4, -0.2) is 25.7 Å². The van der Waals surface area contributed by atoms with Crippen LogP contribution in [0, 0.1) is 0 Å². The van der Waals surface area contributed by atoms with Crippen LogP contribution < -0.4 is 11.1 Å². The Morgan fingerprint density at radius 3 is 2.83 bits per heavy atom. The topological polar surface area (TPSA) is 98.7 Å². The van der Waals surface area contributed by atoms with Crippen LogP contribution in [0.3, 0.4) is 0 Å². The Labute approximate surface area is 133 Å². The third-order valence-corrected chi connectivity index (χ3v) is 3.40. The van der Waals surface area contributed by atoms with Crippen molar-refractivity contribution in [1.29, 1.82) is 0 Å². The minimum atomic E-state index is -0.418. The number of aromatic nitrogens is 4. The molecule has 0 atom stereocenters. The zero-order valence-electron chi connectivity index (χ0n) is 12.6. The zero-order valence-corrected chi connectivity index (χ0v) is 12.6. The maximum Gasteiger partial charge on any atom is 0.278 e. The van der Waals surface area contributed by atoms with Crippen molar-refractivity contribution in [3.8, 4) is 5.69 Å². The smallest absolute Gasteiger partial charge is 0.278 e. The van der Waals surface area contributed by atoms with E-state index in [1.807, 2.05) is 18.2 Å². The number of rotatable bonds is 4. The van der Waals surface area contributed by atoms with Crippen LogP contribution in [0.5, 0.6) is 0 Å². The van der Waals surface area contributed by atoms with Gasteiger partial charge in [0.05, 0.1) is 23.8 Å². The van der Waals surface area contributed by atoms with Crippen molar-refractivity contribution in [3.05, 3.63) is 60.3 Å². The second-order valence-corrected chi connectivity index (χ2v) is 4.90. The van der Waals surface area contributed by atoms with Gasteiger partial charge in [-0.05, 0) is 18.1 Å². The molecule has 0 saturated carbocycles. The SMILES string of the molecule is CCc1ccccc1-n1cc(NC(=O)c2nccnc2N)cn1. The van der Waals surface area contributed by atoms with Gasteiger partial charge in [0, 0.05) is 12.4 Å². The van der Waals surface area contributed by atoms with E-state index in [2.05, 4.69) is 33.4 Å². The van der Waals surface area contributed by atoms with E-state index >= 15 is 0 Å². The highest BCUT2D eigenvalue weighted by Crippen LogP contribution is 2.17. The number of aryl methyl sites for hydroxylation is 1. The highest BCUT2D eigenvalue weighted by Gasteiger charge is 2.13. The number of hydrogen-bond acceptors (Lipinski definition) is 5. The van der Waals surface area contributed by atoms with Gasteiger partial charge in [-0.3, -0.25) is 4.79 Å². The van der Waals surface area contributed by atoms with Crippen LogP contribution in [0.2, 0.25) is 0 Å². The average molecular weight is 308 g/mol. The fourth-order valence-electron chi connectivity index (χ4n) is 2.27. The Morgan fingerprint density at radius 1 is 1.26 bits per heavy atom. The second kappa shape index (κ2) is 6.27. The highest BCUT2D eigenvalue weighted by atomic mass is 16.1. The van der Waals surface area contributed by atoms with Crippen molar-refractivity contribution in [1.82, 2.24) is 19.7 Å². The van der Waals surface area contributed by atoms with Crippen LogP contribution >= 0.6 is 0 Å². The Hall–Kier alpha value is -3.22. The highest BCUT2D eigenvalue weighted by molar-refractivity contribution is 6.05. The standard InChI is InChI=1S/C16H16N6O/c1-2-11-5-3-4-6-13(11)22-10-12(9-20-22)21-16(23)14-15(17)19-8-7-18-14/h3-10H,2H2,1H3,(H2,17,19)(H,21,23). The molecule has 0 unspecified atom stereocenters. The van der Waals surface area contributed by atoms with Crippen molar-refractivity contribution in [2.45, 2.75) is 13.3 Å². The molecule has 0 radical (unpaired) electrons. The number of nitrogens with two attached hydrogens (primary N) is 1. The number of para-hydroxylation sites is 1. The number of amides is 1. The van der Waals surface area contributed by atoms with E-state index in [1.165, 1.54) is 18.0 Å². The maximum atomic E-state index is 12.2. The summed E-state index contributed by atoms with van der Waals surface area (Å²) in [7, 11) is 0. The molecule has 116 valence electrons. The van der Waals surface area contributed by atoms with Gasteiger partial charge in [-0.25, -0.2) is 14.6 Å². The molecule has 0 bridgehead atoms. The van der Waals surface area contributed by atoms with Gasteiger partial charge >= 0.3 is 0 Å². The average Bonchev–Trinajstić information content (AvgIpc) is 3.03. The summed E-state index contributed by atoms with van der Waals surface area (Å²) in [6.07, 6.45) is 7.09. The fourth-order valence-corrected chi connectivity index (χ4v) is 2.27. The molecule has 3 N–H and O–H groups in total. The molecule has 7 heteroatoms. The van der Waals surface area contributed by atoms with Gasteiger partial charge in [0.25, 0.3) is 5.91 Å². The number of carbonyl (C=O) groups is 1. The quantitative estimate of drug-likeness (QED) is 0.768. The van der Waals surface area contributed by atoms with E-state index in [4.69, 9.17) is 5.73 Å². The number of hydrogen-bond donors (Lipinski definition) is 2. The number of nitrogens with zero attached hydrogens (tertiary/aromatic N) is 4. The van der Waals surface area contributed by atoms with Crippen LogP contribution in [0.1, 0.15) is 23.0 Å². The molecule has 0 aliphatic carbocycles. The summed E-state index contributed by atoms with van der Waals surface area (Å²) in [6.45, 7) is 2.09. The lowest BCUT2D eigenvalue weighted by atomic mass is 10.1. The lowest BCUT2D eigenvalue weighted by molar-refractivity contribution is 0.102. The largest absolute Gasteiger partial charge is 0.382 e. The predicted molar refractivity (Wildman–Crippen MR) is 87.3 cm³/mol. The Balaban J connectivity index is 1.83. The molecule has 0 fully saturated rings. The van der Waals surface area contributed by atoms with Gasteiger partial charge in [-0.2, -0.15) is 5.10 Å². The minimum Gasteiger partial charge on any atom is -0.382 e. The monoisotopic (exact) mass is 308 g/mol. The number of benzene rings is 1. The molecule has 7 nitrogen and oxygen atoms in total. The number of nitrogen functional groups attached to an aromatic ring is 1. The van der Waals surface area contributed by atoms with E-state index in [1.54, 1.807) is 17.1 Å². The molecule has 2 heterocycles. The first kappa shape index (κ1) is 14.7. The van der Waals surface area contributed by atoms with E-state index < -0.39 is 5.91 Å². The van der Waals surface area contributed by atoms with Gasteiger partial charge < -0.3 is 11.1 Å². The minimum absolute atomic E-state index is 0.0914. The molecule has 0 spiro atoms. The lowest BCUT2D eigenvalue weighted by Gasteiger charge is -2.07. The third kappa shape index (κ3) is 3.03. The molecule has 0 aliphatic rings. The summed E-state index contributed by atoms with van der Waals surface area (Å²) in [4.78, 5) is 20.0. The predicted octanol–water partition coefficient (Wildman–Crippen LogP) is 2.06. The molecule has 3 aromatic rings. The van der Waals surface area contributed by atoms with E-state index in [0.717, 1.165) is 12.1 Å². The molecule has 0 aliphatic heterocycles. The van der Waals surface area contributed by atoms with Crippen molar-refractivity contribution < 1.29 is 4.79 Å². The van der Waals surface area contributed by atoms with Crippen LogP contribution in [0.15, 0.2) is 49.1 Å². The summed E-state index contributed by atoms with van der Waals surface area (Å²) in [6, 6.07) is 7.98. The van der Waals surface area contributed by atoms with Crippen molar-refractivity contribution in [2.24, 2.45) is 0 Å². The normalized spacial score (nSPS) is 10.5. The van der Waals surface area contributed by atoms with E-state index in [-0.39, 0.29) is 11.5 Å². The molecule has 0 saturated heterocycles. The number of nitrogens with one attached hydrogen (secondary N) is 1. The first-order chi connectivity index (χ1) is 11.2. The molecule has 2 aromatic heterocycles. The first-order valence-corrected chi connectivity index (χ1v) is 7.20. The second-order valence-electron chi connectivity index (χ2n) is 4.90. The van der Waals surface area contributed by atoms with Crippen LogP contribution in [0.4, 0.5) is 11.5 Å². The zero-order chi connectivity index (χ0) is 16.2.